The lowest BCUT2D eigenvalue weighted by Crippen LogP contribution is -2.39. The van der Waals surface area contributed by atoms with Gasteiger partial charge >= 0.3 is 0 Å². The molecule has 0 radical (unpaired) electrons. The first kappa shape index (κ1) is 23.6. The lowest BCUT2D eigenvalue weighted by atomic mass is 10.1. The lowest BCUT2D eigenvalue weighted by molar-refractivity contribution is -0.114. The zero-order valence-corrected chi connectivity index (χ0v) is 18.5. The van der Waals surface area contributed by atoms with Crippen molar-refractivity contribution in [3.8, 4) is 0 Å². The average molecular weight is 490 g/mol. The molecule has 3 N–H and O–H groups in total. The van der Waals surface area contributed by atoms with Gasteiger partial charge in [0.25, 0.3) is 0 Å². The van der Waals surface area contributed by atoms with E-state index in [1.807, 2.05) is 24.3 Å². The van der Waals surface area contributed by atoms with E-state index < -0.39 is 0 Å². The topological polar surface area (TPSA) is 84.0 Å². The van der Waals surface area contributed by atoms with E-state index in [9.17, 15) is 4.79 Å². The first-order chi connectivity index (χ1) is 12.7. The predicted octanol–water partition coefficient (Wildman–Crippen LogP) is 2.17. The van der Waals surface area contributed by atoms with Gasteiger partial charge in [-0.3, -0.25) is 9.79 Å². The molecule has 2 rings (SSSR count). The number of rotatable bonds is 9. The maximum atomic E-state index is 11.0. The molecular weight excluding hydrogens is 459 g/mol. The second kappa shape index (κ2) is 13.7. The molecular formula is C19H31IN4O3. The van der Waals surface area contributed by atoms with E-state index >= 15 is 0 Å². The van der Waals surface area contributed by atoms with Crippen molar-refractivity contribution in [2.24, 2.45) is 4.99 Å². The van der Waals surface area contributed by atoms with Crippen LogP contribution < -0.4 is 16.0 Å². The molecule has 0 saturated carbocycles. The standard InChI is InChI=1S/C19H30N4O3.HI/c1-15(24)23-17-6-4-16(5-7-17)8-11-22-19(20-2)21-10-3-12-26-18-9-13-25-14-18;/h4-7,18H,3,8-14H2,1-2H3,(H,23,24)(H2,20,21,22);1H. The second-order valence-electron chi connectivity index (χ2n) is 6.26. The molecule has 0 bridgehead atoms. The number of carbonyl (C=O) groups is 1. The van der Waals surface area contributed by atoms with Crippen molar-refractivity contribution in [1.82, 2.24) is 10.6 Å². The van der Waals surface area contributed by atoms with Crippen molar-refractivity contribution in [3.63, 3.8) is 0 Å². The minimum Gasteiger partial charge on any atom is -0.379 e. The van der Waals surface area contributed by atoms with Crippen LogP contribution in [0, 0.1) is 0 Å². The van der Waals surface area contributed by atoms with Crippen molar-refractivity contribution in [2.75, 3.05) is 45.3 Å². The van der Waals surface area contributed by atoms with Crippen molar-refractivity contribution in [1.29, 1.82) is 0 Å². The van der Waals surface area contributed by atoms with Crippen LogP contribution in [0.4, 0.5) is 5.69 Å². The number of guanidine groups is 1. The molecule has 1 saturated heterocycles. The Morgan fingerprint density at radius 3 is 2.63 bits per heavy atom. The van der Waals surface area contributed by atoms with Gasteiger partial charge < -0.3 is 25.4 Å². The molecule has 1 aliphatic heterocycles. The number of hydrogen-bond acceptors (Lipinski definition) is 4. The van der Waals surface area contributed by atoms with Crippen LogP contribution in [0.25, 0.3) is 0 Å². The van der Waals surface area contributed by atoms with Crippen molar-refractivity contribution >= 4 is 41.5 Å². The highest BCUT2D eigenvalue weighted by molar-refractivity contribution is 14.0. The van der Waals surface area contributed by atoms with Gasteiger partial charge in [0.1, 0.15) is 0 Å². The number of halogens is 1. The van der Waals surface area contributed by atoms with Crippen molar-refractivity contribution in [3.05, 3.63) is 29.8 Å². The fraction of sp³-hybridized carbons (Fsp3) is 0.579. The summed E-state index contributed by atoms with van der Waals surface area (Å²) in [5.74, 6) is 0.736. The SMILES string of the molecule is CN=C(NCCCOC1CCOC1)NCCc1ccc(NC(C)=O)cc1.I. The maximum absolute atomic E-state index is 11.0. The molecule has 1 aromatic carbocycles. The third kappa shape index (κ3) is 9.92. The second-order valence-corrected chi connectivity index (χ2v) is 6.26. The summed E-state index contributed by atoms with van der Waals surface area (Å²) in [5.41, 5.74) is 2.02. The largest absolute Gasteiger partial charge is 0.379 e. The van der Waals surface area contributed by atoms with Crippen LogP contribution in [0.3, 0.4) is 0 Å². The summed E-state index contributed by atoms with van der Waals surface area (Å²) in [6.07, 6.45) is 3.08. The molecule has 1 amide bonds. The van der Waals surface area contributed by atoms with Crippen LogP contribution in [0.2, 0.25) is 0 Å². The molecule has 1 heterocycles. The Bertz CT molecular complexity index is 575. The van der Waals surface area contributed by atoms with E-state index in [1.54, 1.807) is 7.05 Å². The van der Waals surface area contributed by atoms with E-state index in [0.717, 1.165) is 63.8 Å². The number of aliphatic imine (C=N–C) groups is 1. The van der Waals surface area contributed by atoms with Crippen molar-refractivity contribution < 1.29 is 14.3 Å². The summed E-state index contributed by atoms with van der Waals surface area (Å²) in [6.45, 7) is 5.38. The fourth-order valence-electron chi connectivity index (χ4n) is 2.68. The Kier molecular flexibility index (Phi) is 12.0. The fourth-order valence-corrected chi connectivity index (χ4v) is 2.68. The predicted molar refractivity (Wildman–Crippen MR) is 119 cm³/mol. The van der Waals surface area contributed by atoms with Crippen LogP contribution >= 0.6 is 24.0 Å². The Morgan fingerprint density at radius 1 is 1.26 bits per heavy atom. The maximum Gasteiger partial charge on any atom is 0.221 e. The van der Waals surface area contributed by atoms with Gasteiger partial charge in [-0.2, -0.15) is 0 Å². The summed E-state index contributed by atoms with van der Waals surface area (Å²) in [5, 5.41) is 9.36. The Morgan fingerprint density at radius 2 is 2.00 bits per heavy atom. The lowest BCUT2D eigenvalue weighted by Gasteiger charge is -2.13. The average Bonchev–Trinajstić information content (AvgIpc) is 3.14. The van der Waals surface area contributed by atoms with E-state index in [1.165, 1.54) is 12.5 Å². The van der Waals surface area contributed by atoms with Gasteiger partial charge in [0.15, 0.2) is 5.96 Å². The molecule has 0 aromatic heterocycles. The third-order valence-electron chi connectivity index (χ3n) is 4.06. The minimum absolute atomic E-state index is 0. The van der Waals surface area contributed by atoms with Gasteiger partial charge in [0.2, 0.25) is 5.91 Å². The summed E-state index contributed by atoms with van der Waals surface area (Å²) in [4.78, 5) is 15.2. The molecule has 1 aliphatic rings. The zero-order valence-electron chi connectivity index (χ0n) is 16.1. The number of carbonyl (C=O) groups excluding carboxylic acids is 1. The molecule has 27 heavy (non-hydrogen) atoms. The van der Waals surface area contributed by atoms with Gasteiger partial charge in [-0.15, -0.1) is 24.0 Å². The van der Waals surface area contributed by atoms with Crippen LogP contribution in [-0.4, -0.2) is 57.9 Å². The van der Waals surface area contributed by atoms with Crippen LogP contribution in [0.5, 0.6) is 0 Å². The molecule has 1 aromatic rings. The van der Waals surface area contributed by atoms with Gasteiger partial charge in [0.05, 0.1) is 12.7 Å². The molecule has 152 valence electrons. The van der Waals surface area contributed by atoms with Crippen LogP contribution in [0.1, 0.15) is 25.3 Å². The van der Waals surface area contributed by atoms with Crippen LogP contribution in [0.15, 0.2) is 29.3 Å². The Hall–Kier alpha value is -1.39. The number of amides is 1. The molecule has 1 unspecified atom stereocenters. The highest BCUT2D eigenvalue weighted by atomic mass is 127. The highest BCUT2D eigenvalue weighted by Gasteiger charge is 2.15. The summed E-state index contributed by atoms with van der Waals surface area (Å²) < 4.78 is 11.0. The van der Waals surface area contributed by atoms with Gasteiger partial charge in [-0.05, 0) is 37.0 Å². The third-order valence-corrected chi connectivity index (χ3v) is 4.06. The summed E-state index contributed by atoms with van der Waals surface area (Å²) in [6, 6.07) is 7.87. The Balaban J connectivity index is 0.00000364. The van der Waals surface area contributed by atoms with Crippen molar-refractivity contribution in [2.45, 2.75) is 32.3 Å². The molecule has 1 fully saturated rings. The zero-order chi connectivity index (χ0) is 18.6. The number of hydrogen-bond donors (Lipinski definition) is 3. The van der Waals surface area contributed by atoms with E-state index in [4.69, 9.17) is 9.47 Å². The smallest absolute Gasteiger partial charge is 0.221 e. The first-order valence-corrected chi connectivity index (χ1v) is 9.18. The normalized spacial score (nSPS) is 16.5. The van der Waals surface area contributed by atoms with E-state index in [-0.39, 0.29) is 36.0 Å². The number of nitrogens with one attached hydrogen (secondary N) is 3. The van der Waals surface area contributed by atoms with E-state index in [2.05, 4.69) is 20.9 Å². The minimum atomic E-state index is -0.0590. The van der Waals surface area contributed by atoms with Gasteiger partial charge in [-0.25, -0.2) is 0 Å². The molecule has 1 atom stereocenters. The number of anilines is 1. The van der Waals surface area contributed by atoms with Gasteiger partial charge in [0, 0.05) is 46.0 Å². The first-order valence-electron chi connectivity index (χ1n) is 9.18. The van der Waals surface area contributed by atoms with Crippen LogP contribution in [-0.2, 0) is 20.7 Å². The monoisotopic (exact) mass is 490 g/mol. The molecule has 0 spiro atoms. The number of ether oxygens (including phenoxy) is 2. The summed E-state index contributed by atoms with van der Waals surface area (Å²) in [7, 11) is 1.77. The molecule has 8 heteroatoms. The summed E-state index contributed by atoms with van der Waals surface area (Å²) >= 11 is 0. The molecule has 7 nitrogen and oxygen atoms in total. The van der Waals surface area contributed by atoms with Gasteiger partial charge in [-0.1, -0.05) is 12.1 Å². The highest BCUT2D eigenvalue weighted by Crippen LogP contribution is 2.10. The number of nitrogens with zero attached hydrogens (tertiary/aromatic N) is 1. The molecule has 0 aliphatic carbocycles. The Labute approximate surface area is 178 Å². The number of benzene rings is 1. The quantitative estimate of drug-likeness (QED) is 0.214. The van der Waals surface area contributed by atoms with E-state index in [0.29, 0.717) is 0 Å².